The molecule has 1 aromatic rings. The van der Waals surface area contributed by atoms with Crippen LogP contribution in [0.15, 0.2) is 54.1 Å². The van der Waals surface area contributed by atoms with Crippen molar-refractivity contribution >= 4 is 12.3 Å². The van der Waals surface area contributed by atoms with Gasteiger partial charge in [-0.3, -0.25) is 0 Å². The van der Waals surface area contributed by atoms with Crippen molar-refractivity contribution < 1.29 is 19.1 Å². The molecule has 0 radical (unpaired) electrons. The van der Waals surface area contributed by atoms with Crippen LogP contribution < -0.4 is 4.74 Å². The van der Waals surface area contributed by atoms with E-state index in [9.17, 15) is 9.59 Å². The molecular formula is C16H16O4. The highest BCUT2D eigenvalue weighted by Crippen LogP contribution is 2.29. The van der Waals surface area contributed by atoms with Gasteiger partial charge in [0.2, 0.25) is 0 Å². The standard InChI is InChI=1S/C16H16O4/c1-19-15(18)13-7-9-16(11-17,10-8-13)12-20-14-5-3-2-4-6-14/h2-9,11H,10,12H2,1H3. The maximum atomic E-state index is 11.4. The average Bonchev–Trinajstić information content (AvgIpc) is 2.53. The fraction of sp³-hybridized carbons (Fsp3) is 0.250. The molecule has 0 saturated heterocycles. The van der Waals surface area contributed by atoms with Crippen molar-refractivity contribution in [3.8, 4) is 5.75 Å². The third-order valence-electron chi connectivity index (χ3n) is 3.20. The zero-order valence-corrected chi connectivity index (χ0v) is 11.2. The average molecular weight is 272 g/mol. The minimum atomic E-state index is -0.729. The smallest absolute Gasteiger partial charge is 0.337 e. The number of methoxy groups -OCH3 is 1. The Labute approximate surface area is 117 Å². The molecular weight excluding hydrogens is 256 g/mol. The van der Waals surface area contributed by atoms with Gasteiger partial charge in [-0.05, 0) is 18.6 Å². The van der Waals surface area contributed by atoms with E-state index in [1.165, 1.54) is 7.11 Å². The van der Waals surface area contributed by atoms with Gasteiger partial charge in [-0.15, -0.1) is 0 Å². The molecule has 0 bridgehead atoms. The summed E-state index contributed by atoms with van der Waals surface area (Å²) in [7, 11) is 1.33. The second-order valence-electron chi connectivity index (χ2n) is 4.64. The molecule has 0 fully saturated rings. The van der Waals surface area contributed by atoms with Gasteiger partial charge in [-0.1, -0.05) is 36.4 Å². The summed E-state index contributed by atoms with van der Waals surface area (Å²) in [5.74, 6) is 0.314. The molecule has 0 amide bonds. The number of benzene rings is 1. The highest BCUT2D eigenvalue weighted by molar-refractivity contribution is 5.92. The highest BCUT2D eigenvalue weighted by Gasteiger charge is 2.30. The quantitative estimate of drug-likeness (QED) is 0.609. The SMILES string of the molecule is COC(=O)C1=CCC(C=O)(COc2ccccc2)C=C1. The van der Waals surface area contributed by atoms with Gasteiger partial charge in [0.25, 0.3) is 0 Å². The first kappa shape index (κ1) is 14.1. The van der Waals surface area contributed by atoms with Crippen LogP contribution in [0.4, 0.5) is 0 Å². The molecule has 20 heavy (non-hydrogen) atoms. The van der Waals surface area contributed by atoms with E-state index in [1.54, 1.807) is 18.2 Å². The van der Waals surface area contributed by atoms with Crippen LogP contribution in [0.25, 0.3) is 0 Å². The third-order valence-corrected chi connectivity index (χ3v) is 3.20. The number of ether oxygens (including phenoxy) is 2. The lowest BCUT2D eigenvalue weighted by Crippen LogP contribution is -2.29. The topological polar surface area (TPSA) is 52.6 Å². The number of carbonyl (C=O) groups is 2. The first-order valence-electron chi connectivity index (χ1n) is 6.31. The zero-order chi connectivity index (χ0) is 14.4. The lowest BCUT2D eigenvalue weighted by atomic mass is 9.82. The molecule has 0 heterocycles. The van der Waals surface area contributed by atoms with E-state index in [0.29, 0.717) is 17.7 Å². The first-order chi connectivity index (χ1) is 9.69. The van der Waals surface area contributed by atoms with Gasteiger partial charge in [-0.2, -0.15) is 0 Å². The molecule has 4 heteroatoms. The van der Waals surface area contributed by atoms with E-state index in [2.05, 4.69) is 4.74 Å². The highest BCUT2D eigenvalue weighted by atomic mass is 16.5. The van der Waals surface area contributed by atoms with Crippen molar-refractivity contribution in [1.82, 2.24) is 0 Å². The predicted octanol–water partition coefficient (Wildman–Crippen LogP) is 2.31. The summed E-state index contributed by atoms with van der Waals surface area (Å²) in [4.78, 5) is 22.8. The van der Waals surface area contributed by atoms with Crippen LogP contribution in [0.1, 0.15) is 6.42 Å². The summed E-state index contributed by atoms with van der Waals surface area (Å²) < 4.78 is 10.3. The number of allylic oxidation sites excluding steroid dienone is 1. The number of rotatable bonds is 5. The minimum Gasteiger partial charge on any atom is -0.492 e. The molecule has 0 saturated carbocycles. The second kappa shape index (κ2) is 6.19. The van der Waals surface area contributed by atoms with E-state index in [-0.39, 0.29) is 6.61 Å². The van der Waals surface area contributed by atoms with Crippen molar-refractivity contribution in [1.29, 1.82) is 0 Å². The van der Waals surface area contributed by atoms with Crippen molar-refractivity contribution in [2.75, 3.05) is 13.7 Å². The van der Waals surface area contributed by atoms with E-state index in [1.807, 2.05) is 30.3 Å². The van der Waals surface area contributed by atoms with Crippen LogP contribution in [-0.4, -0.2) is 26.0 Å². The summed E-state index contributed by atoms with van der Waals surface area (Å²) in [5, 5.41) is 0. The van der Waals surface area contributed by atoms with Crippen molar-refractivity contribution in [3.05, 3.63) is 54.1 Å². The molecule has 0 spiro atoms. The Morgan fingerprint density at radius 1 is 1.35 bits per heavy atom. The largest absolute Gasteiger partial charge is 0.492 e. The van der Waals surface area contributed by atoms with Crippen LogP contribution in [0.2, 0.25) is 0 Å². The molecule has 1 aliphatic carbocycles. The molecule has 0 aliphatic heterocycles. The molecule has 104 valence electrons. The molecule has 0 aromatic heterocycles. The van der Waals surface area contributed by atoms with E-state index in [0.717, 1.165) is 6.29 Å². The van der Waals surface area contributed by atoms with Gasteiger partial charge in [0.15, 0.2) is 0 Å². The summed E-state index contributed by atoms with van der Waals surface area (Å²) >= 11 is 0. The van der Waals surface area contributed by atoms with Crippen molar-refractivity contribution in [2.24, 2.45) is 5.41 Å². The Balaban J connectivity index is 2.03. The summed E-state index contributed by atoms with van der Waals surface area (Å²) in [6, 6.07) is 9.31. The van der Waals surface area contributed by atoms with Crippen LogP contribution in [0.3, 0.4) is 0 Å². The Kier molecular flexibility index (Phi) is 4.35. The summed E-state index contributed by atoms with van der Waals surface area (Å²) in [5.41, 5.74) is -0.266. The van der Waals surface area contributed by atoms with Crippen molar-refractivity contribution in [3.63, 3.8) is 0 Å². The molecule has 1 atom stereocenters. The fourth-order valence-electron chi connectivity index (χ4n) is 1.92. The Bertz CT molecular complexity index is 545. The first-order valence-corrected chi connectivity index (χ1v) is 6.31. The Morgan fingerprint density at radius 3 is 2.65 bits per heavy atom. The van der Waals surface area contributed by atoms with Gasteiger partial charge < -0.3 is 14.3 Å². The third kappa shape index (κ3) is 3.15. The number of aldehydes is 1. The predicted molar refractivity (Wildman–Crippen MR) is 74.3 cm³/mol. The Morgan fingerprint density at radius 2 is 2.10 bits per heavy atom. The maximum absolute atomic E-state index is 11.4. The number of para-hydroxylation sites is 1. The van der Waals surface area contributed by atoms with Gasteiger partial charge >= 0.3 is 5.97 Å². The second-order valence-corrected chi connectivity index (χ2v) is 4.64. The molecule has 1 aliphatic rings. The Hall–Kier alpha value is -2.36. The maximum Gasteiger partial charge on any atom is 0.337 e. The zero-order valence-electron chi connectivity index (χ0n) is 11.2. The van der Waals surface area contributed by atoms with E-state index >= 15 is 0 Å². The number of hydrogen-bond donors (Lipinski definition) is 0. The molecule has 2 rings (SSSR count). The van der Waals surface area contributed by atoms with Gasteiger partial charge in [0.1, 0.15) is 18.6 Å². The number of esters is 1. The molecule has 4 nitrogen and oxygen atoms in total. The lowest BCUT2D eigenvalue weighted by molar-refractivity contribution is -0.135. The van der Waals surface area contributed by atoms with Gasteiger partial charge in [0.05, 0.1) is 18.1 Å². The van der Waals surface area contributed by atoms with Gasteiger partial charge in [0, 0.05) is 0 Å². The molecule has 0 N–H and O–H groups in total. The summed E-state index contributed by atoms with van der Waals surface area (Å²) in [6.45, 7) is 0.238. The van der Waals surface area contributed by atoms with E-state index in [4.69, 9.17) is 4.74 Å². The number of carbonyl (C=O) groups excluding carboxylic acids is 2. The van der Waals surface area contributed by atoms with Crippen LogP contribution in [0.5, 0.6) is 5.75 Å². The van der Waals surface area contributed by atoms with Crippen LogP contribution >= 0.6 is 0 Å². The summed E-state index contributed by atoms with van der Waals surface area (Å²) in [6.07, 6.45) is 6.29. The van der Waals surface area contributed by atoms with Crippen LogP contribution in [0, 0.1) is 5.41 Å². The van der Waals surface area contributed by atoms with E-state index < -0.39 is 11.4 Å². The molecule has 1 aromatic carbocycles. The molecule has 1 unspecified atom stereocenters. The number of hydrogen-bond acceptors (Lipinski definition) is 4. The minimum absolute atomic E-state index is 0.238. The monoisotopic (exact) mass is 272 g/mol. The van der Waals surface area contributed by atoms with Crippen molar-refractivity contribution in [2.45, 2.75) is 6.42 Å². The fourth-order valence-corrected chi connectivity index (χ4v) is 1.92. The van der Waals surface area contributed by atoms with Gasteiger partial charge in [-0.25, -0.2) is 4.79 Å². The lowest BCUT2D eigenvalue weighted by Gasteiger charge is -2.26. The normalized spacial score (nSPS) is 20.9. The van der Waals surface area contributed by atoms with Crippen LogP contribution in [-0.2, 0) is 14.3 Å².